The summed E-state index contributed by atoms with van der Waals surface area (Å²) in [4.78, 5) is 12.3. The van der Waals surface area contributed by atoms with E-state index in [1.165, 1.54) is 28.2 Å². The molecule has 0 aliphatic rings. The molecule has 0 aliphatic heterocycles. The Kier molecular flexibility index (Phi) is 4.58. The SMILES string of the molecule is COCc1nnc(NC(=O)c2nnn(-c3ccc(F)cc3)c2C)s1. The molecule has 124 valence electrons. The lowest BCUT2D eigenvalue weighted by Crippen LogP contribution is -2.14. The Morgan fingerprint density at radius 2 is 2.04 bits per heavy atom. The van der Waals surface area contributed by atoms with Crippen LogP contribution in [0.3, 0.4) is 0 Å². The first kappa shape index (κ1) is 16.1. The summed E-state index contributed by atoms with van der Waals surface area (Å²) in [5, 5.41) is 19.2. The Hall–Kier alpha value is -2.72. The first-order chi connectivity index (χ1) is 11.6. The number of nitrogens with one attached hydrogen (secondary N) is 1. The number of ether oxygens (including phenoxy) is 1. The fourth-order valence-corrected chi connectivity index (χ4v) is 2.72. The van der Waals surface area contributed by atoms with Gasteiger partial charge >= 0.3 is 0 Å². The molecule has 0 saturated carbocycles. The molecule has 1 amide bonds. The van der Waals surface area contributed by atoms with Gasteiger partial charge in [-0.2, -0.15) is 0 Å². The van der Waals surface area contributed by atoms with E-state index in [9.17, 15) is 9.18 Å². The molecule has 0 spiro atoms. The van der Waals surface area contributed by atoms with Crippen molar-refractivity contribution in [1.29, 1.82) is 0 Å². The fourth-order valence-electron chi connectivity index (χ4n) is 2.01. The van der Waals surface area contributed by atoms with E-state index in [-0.39, 0.29) is 11.5 Å². The summed E-state index contributed by atoms with van der Waals surface area (Å²) in [5.74, 6) is -0.793. The number of aromatic nitrogens is 5. The summed E-state index contributed by atoms with van der Waals surface area (Å²) >= 11 is 1.22. The molecule has 8 nitrogen and oxygen atoms in total. The molecule has 0 unspecified atom stereocenters. The van der Waals surface area contributed by atoms with E-state index in [4.69, 9.17) is 4.74 Å². The molecule has 0 bridgehead atoms. The molecule has 2 aromatic heterocycles. The first-order valence-corrected chi connectivity index (χ1v) is 7.71. The molecule has 1 aromatic carbocycles. The predicted octanol–water partition coefficient (Wildman–Crippen LogP) is 1.97. The lowest BCUT2D eigenvalue weighted by Gasteiger charge is -2.03. The molecule has 0 fully saturated rings. The zero-order chi connectivity index (χ0) is 17.1. The van der Waals surface area contributed by atoms with Crippen LogP contribution < -0.4 is 5.32 Å². The molecular formula is C14H13FN6O2S. The first-order valence-electron chi connectivity index (χ1n) is 6.89. The molecular weight excluding hydrogens is 335 g/mol. The lowest BCUT2D eigenvalue weighted by atomic mass is 10.3. The highest BCUT2D eigenvalue weighted by Gasteiger charge is 2.19. The van der Waals surface area contributed by atoms with Gasteiger partial charge < -0.3 is 4.74 Å². The van der Waals surface area contributed by atoms with Gasteiger partial charge in [0.25, 0.3) is 5.91 Å². The van der Waals surface area contributed by atoms with Crippen LogP contribution >= 0.6 is 11.3 Å². The largest absolute Gasteiger partial charge is 0.377 e. The monoisotopic (exact) mass is 348 g/mol. The van der Waals surface area contributed by atoms with Crippen LogP contribution in [0.5, 0.6) is 0 Å². The number of hydrogen-bond acceptors (Lipinski definition) is 7. The van der Waals surface area contributed by atoms with E-state index in [0.717, 1.165) is 0 Å². The number of amides is 1. The van der Waals surface area contributed by atoms with E-state index in [1.807, 2.05) is 0 Å². The van der Waals surface area contributed by atoms with Gasteiger partial charge in [0.15, 0.2) is 5.69 Å². The second kappa shape index (κ2) is 6.81. The minimum atomic E-state index is -0.444. The predicted molar refractivity (Wildman–Crippen MR) is 84.6 cm³/mol. The van der Waals surface area contributed by atoms with Crippen LogP contribution in [0.4, 0.5) is 9.52 Å². The summed E-state index contributed by atoms with van der Waals surface area (Å²) in [5.41, 5.74) is 1.29. The lowest BCUT2D eigenvalue weighted by molar-refractivity contribution is 0.102. The van der Waals surface area contributed by atoms with Crippen molar-refractivity contribution in [3.63, 3.8) is 0 Å². The summed E-state index contributed by atoms with van der Waals surface area (Å²) in [6.07, 6.45) is 0. The number of halogens is 1. The minimum absolute atomic E-state index is 0.155. The maximum absolute atomic E-state index is 13.0. The van der Waals surface area contributed by atoms with Crippen LogP contribution in [-0.2, 0) is 11.3 Å². The normalized spacial score (nSPS) is 10.8. The average Bonchev–Trinajstić information content (AvgIpc) is 3.15. The van der Waals surface area contributed by atoms with Crippen molar-refractivity contribution in [1.82, 2.24) is 25.2 Å². The Bertz CT molecular complexity index is 861. The fraction of sp³-hybridized carbons (Fsp3) is 0.214. The second-order valence-corrected chi connectivity index (χ2v) is 5.86. The Morgan fingerprint density at radius 3 is 2.75 bits per heavy atom. The number of benzene rings is 1. The quantitative estimate of drug-likeness (QED) is 0.757. The molecule has 0 aliphatic carbocycles. The third kappa shape index (κ3) is 3.29. The minimum Gasteiger partial charge on any atom is -0.377 e. The molecule has 3 rings (SSSR count). The summed E-state index contributed by atoms with van der Waals surface area (Å²) < 4.78 is 19.4. The molecule has 1 N–H and O–H groups in total. The number of nitrogens with zero attached hydrogens (tertiary/aromatic N) is 5. The zero-order valence-corrected chi connectivity index (χ0v) is 13.7. The molecule has 2 heterocycles. The van der Waals surface area contributed by atoms with Crippen molar-refractivity contribution in [2.75, 3.05) is 12.4 Å². The van der Waals surface area contributed by atoms with Gasteiger partial charge in [-0.25, -0.2) is 9.07 Å². The third-order valence-corrected chi connectivity index (χ3v) is 3.95. The van der Waals surface area contributed by atoms with Crippen LogP contribution in [0.2, 0.25) is 0 Å². The highest BCUT2D eigenvalue weighted by molar-refractivity contribution is 7.15. The summed E-state index contributed by atoms with van der Waals surface area (Å²) in [6, 6.07) is 5.74. The maximum Gasteiger partial charge on any atom is 0.279 e. The molecule has 24 heavy (non-hydrogen) atoms. The second-order valence-electron chi connectivity index (χ2n) is 4.80. The van der Waals surface area contributed by atoms with Crippen molar-refractivity contribution in [3.05, 3.63) is 46.5 Å². The van der Waals surface area contributed by atoms with Gasteiger partial charge in [0.2, 0.25) is 5.13 Å². The van der Waals surface area contributed by atoms with Crippen molar-refractivity contribution < 1.29 is 13.9 Å². The van der Waals surface area contributed by atoms with Crippen molar-refractivity contribution in [3.8, 4) is 5.69 Å². The number of carbonyl (C=O) groups excluding carboxylic acids is 1. The maximum atomic E-state index is 13.0. The topological polar surface area (TPSA) is 94.8 Å². The highest BCUT2D eigenvalue weighted by Crippen LogP contribution is 2.18. The van der Waals surface area contributed by atoms with Crippen molar-refractivity contribution in [2.24, 2.45) is 0 Å². The molecule has 0 atom stereocenters. The van der Waals surface area contributed by atoms with Gasteiger partial charge in [-0.05, 0) is 31.2 Å². The molecule has 0 radical (unpaired) electrons. The number of methoxy groups -OCH3 is 1. The standard InChI is InChI=1S/C14H13FN6O2S/c1-8-12(13(22)16-14-19-17-11(24-14)7-23-2)18-20-21(8)10-5-3-9(15)4-6-10/h3-6H,7H2,1-2H3,(H,16,19,22). The van der Waals surface area contributed by atoms with Gasteiger partial charge in [-0.3, -0.25) is 10.1 Å². The Labute approximate surface area is 140 Å². The van der Waals surface area contributed by atoms with E-state index in [2.05, 4.69) is 25.8 Å². The number of anilines is 1. The van der Waals surface area contributed by atoms with Gasteiger partial charge in [0.1, 0.15) is 17.4 Å². The van der Waals surface area contributed by atoms with E-state index >= 15 is 0 Å². The molecule has 10 heteroatoms. The summed E-state index contributed by atoms with van der Waals surface area (Å²) in [6.45, 7) is 2.03. The van der Waals surface area contributed by atoms with Crippen LogP contribution in [0.25, 0.3) is 5.69 Å². The van der Waals surface area contributed by atoms with Crippen LogP contribution in [0.1, 0.15) is 21.2 Å². The van der Waals surface area contributed by atoms with Gasteiger partial charge in [0, 0.05) is 7.11 Å². The average molecular weight is 348 g/mol. The van der Waals surface area contributed by atoms with E-state index in [0.29, 0.717) is 28.1 Å². The van der Waals surface area contributed by atoms with Crippen molar-refractivity contribution in [2.45, 2.75) is 13.5 Å². The van der Waals surface area contributed by atoms with Crippen LogP contribution in [0.15, 0.2) is 24.3 Å². The van der Waals surface area contributed by atoms with Gasteiger partial charge in [0.05, 0.1) is 11.4 Å². The van der Waals surface area contributed by atoms with Crippen molar-refractivity contribution >= 4 is 22.4 Å². The molecule has 0 saturated heterocycles. The Morgan fingerprint density at radius 1 is 1.29 bits per heavy atom. The third-order valence-electron chi connectivity index (χ3n) is 3.14. The number of carbonyl (C=O) groups is 1. The summed E-state index contributed by atoms with van der Waals surface area (Å²) in [7, 11) is 1.55. The van der Waals surface area contributed by atoms with Crippen LogP contribution in [0, 0.1) is 12.7 Å². The Balaban J connectivity index is 1.79. The van der Waals surface area contributed by atoms with Gasteiger partial charge in [-0.15, -0.1) is 15.3 Å². The number of rotatable bonds is 5. The molecule has 3 aromatic rings. The number of hydrogen-bond donors (Lipinski definition) is 1. The van der Waals surface area contributed by atoms with E-state index in [1.54, 1.807) is 26.2 Å². The van der Waals surface area contributed by atoms with E-state index < -0.39 is 5.91 Å². The highest BCUT2D eigenvalue weighted by atomic mass is 32.1. The van der Waals surface area contributed by atoms with Gasteiger partial charge in [-0.1, -0.05) is 16.6 Å². The van der Waals surface area contributed by atoms with Crippen LogP contribution in [-0.4, -0.2) is 38.2 Å². The zero-order valence-electron chi connectivity index (χ0n) is 12.9. The smallest absolute Gasteiger partial charge is 0.279 e.